The average Bonchev–Trinajstić information content (AvgIpc) is 2.63. The predicted molar refractivity (Wildman–Crippen MR) is 118 cm³/mol. The van der Waals surface area contributed by atoms with Gasteiger partial charge in [-0.1, -0.05) is 0 Å². The SMILES string of the molecule is CCNC(=NCCCN(C)CCOC)N1CCC(CC(=O)NC)CC1.I. The van der Waals surface area contributed by atoms with Crippen LogP contribution in [0.4, 0.5) is 0 Å². The van der Waals surface area contributed by atoms with Crippen LogP contribution in [0.1, 0.15) is 32.6 Å². The van der Waals surface area contributed by atoms with Gasteiger partial charge in [0, 0.05) is 53.3 Å². The summed E-state index contributed by atoms with van der Waals surface area (Å²) in [6.07, 6.45) is 3.79. The number of ether oxygens (including phenoxy) is 1. The molecule has 0 aromatic rings. The first kappa shape index (κ1) is 25.4. The van der Waals surface area contributed by atoms with Crippen molar-refractivity contribution in [1.82, 2.24) is 20.4 Å². The van der Waals surface area contributed by atoms with Crippen LogP contribution in [-0.4, -0.2) is 88.7 Å². The fraction of sp³-hybridized carbons (Fsp3) is 0.889. The van der Waals surface area contributed by atoms with E-state index in [0.29, 0.717) is 12.3 Å². The summed E-state index contributed by atoms with van der Waals surface area (Å²) >= 11 is 0. The Morgan fingerprint density at radius 3 is 2.58 bits per heavy atom. The van der Waals surface area contributed by atoms with E-state index in [2.05, 4.69) is 34.4 Å². The van der Waals surface area contributed by atoms with Crippen molar-refractivity contribution in [3.63, 3.8) is 0 Å². The van der Waals surface area contributed by atoms with Crippen LogP contribution in [0.3, 0.4) is 0 Å². The summed E-state index contributed by atoms with van der Waals surface area (Å²) in [5.74, 6) is 1.66. The zero-order valence-corrected chi connectivity index (χ0v) is 19.3. The smallest absolute Gasteiger partial charge is 0.220 e. The van der Waals surface area contributed by atoms with Gasteiger partial charge >= 0.3 is 0 Å². The zero-order chi connectivity index (χ0) is 18.5. The van der Waals surface area contributed by atoms with Crippen LogP contribution in [0.2, 0.25) is 0 Å². The summed E-state index contributed by atoms with van der Waals surface area (Å²) in [5, 5.41) is 6.13. The Balaban J connectivity index is 0.00000625. The molecule has 26 heavy (non-hydrogen) atoms. The molecule has 1 amide bonds. The summed E-state index contributed by atoms with van der Waals surface area (Å²) in [7, 11) is 5.56. The monoisotopic (exact) mass is 483 g/mol. The number of hydrogen-bond donors (Lipinski definition) is 2. The van der Waals surface area contributed by atoms with E-state index in [4.69, 9.17) is 9.73 Å². The van der Waals surface area contributed by atoms with E-state index in [-0.39, 0.29) is 29.9 Å². The van der Waals surface area contributed by atoms with Gasteiger partial charge in [-0.05, 0) is 45.7 Å². The number of amides is 1. The molecule has 0 atom stereocenters. The number of methoxy groups -OCH3 is 1. The number of piperidine rings is 1. The first-order chi connectivity index (χ1) is 12.1. The lowest BCUT2D eigenvalue weighted by Gasteiger charge is -2.34. The highest BCUT2D eigenvalue weighted by molar-refractivity contribution is 14.0. The molecule has 7 nitrogen and oxygen atoms in total. The third-order valence-corrected chi connectivity index (χ3v) is 4.64. The highest BCUT2D eigenvalue weighted by Crippen LogP contribution is 2.20. The molecule has 0 radical (unpaired) electrons. The van der Waals surface area contributed by atoms with Crippen LogP contribution in [0.25, 0.3) is 0 Å². The Kier molecular flexibility index (Phi) is 15.1. The van der Waals surface area contributed by atoms with Crippen molar-refractivity contribution in [2.75, 3.05) is 67.1 Å². The summed E-state index contributed by atoms with van der Waals surface area (Å²) in [4.78, 5) is 20.9. The lowest BCUT2D eigenvalue weighted by atomic mass is 9.93. The number of carbonyl (C=O) groups is 1. The molecule has 0 aromatic heterocycles. The van der Waals surface area contributed by atoms with E-state index < -0.39 is 0 Å². The highest BCUT2D eigenvalue weighted by atomic mass is 127. The van der Waals surface area contributed by atoms with E-state index in [1.807, 2.05) is 0 Å². The Hall–Kier alpha value is -0.610. The number of nitrogens with zero attached hydrogens (tertiary/aromatic N) is 3. The second-order valence-electron chi connectivity index (χ2n) is 6.69. The van der Waals surface area contributed by atoms with Gasteiger partial charge in [-0.2, -0.15) is 0 Å². The van der Waals surface area contributed by atoms with E-state index in [0.717, 1.165) is 71.1 Å². The molecule has 0 bridgehead atoms. The van der Waals surface area contributed by atoms with Crippen molar-refractivity contribution in [2.45, 2.75) is 32.6 Å². The molecule has 1 aliphatic heterocycles. The van der Waals surface area contributed by atoms with Crippen molar-refractivity contribution in [3.8, 4) is 0 Å². The summed E-state index contributed by atoms with van der Waals surface area (Å²) < 4.78 is 5.10. The number of likely N-dealkylation sites (N-methyl/N-ethyl adjacent to an activating group) is 1. The van der Waals surface area contributed by atoms with Crippen molar-refractivity contribution in [2.24, 2.45) is 10.9 Å². The van der Waals surface area contributed by atoms with Gasteiger partial charge in [0.1, 0.15) is 0 Å². The molecule has 1 aliphatic rings. The van der Waals surface area contributed by atoms with Crippen molar-refractivity contribution < 1.29 is 9.53 Å². The third-order valence-electron chi connectivity index (χ3n) is 4.64. The van der Waals surface area contributed by atoms with Gasteiger partial charge in [0.15, 0.2) is 5.96 Å². The molecule has 0 saturated carbocycles. The number of nitrogens with one attached hydrogen (secondary N) is 2. The maximum atomic E-state index is 11.5. The Bertz CT molecular complexity index is 401. The van der Waals surface area contributed by atoms with Crippen molar-refractivity contribution in [3.05, 3.63) is 0 Å². The first-order valence-electron chi connectivity index (χ1n) is 9.52. The largest absolute Gasteiger partial charge is 0.383 e. The lowest BCUT2D eigenvalue weighted by Crippen LogP contribution is -2.46. The van der Waals surface area contributed by atoms with Crippen LogP contribution in [0, 0.1) is 5.92 Å². The van der Waals surface area contributed by atoms with E-state index in [9.17, 15) is 4.79 Å². The second kappa shape index (κ2) is 15.4. The minimum absolute atomic E-state index is 0. The van der Waals surface area contributed by atoms with Crippen molar-refractivity contribution >= 4 is 35.8 Å². The van der Waals surface area contributed by atoms with Crippen LogP contribution >= 0.6 is 24.0 Å². The third kappa shape index (κ3) is 10.5. The van der Waals surface area contributed by atoms with E-state index in [1.54, 1.807) is 14.2 Å². The van der Waals surface area contributed by atoms with Crippen molar-refractivity contribution in [1.29, 1.82) is 0 Å². The summed E-state index contributed by atoms with van der Waals surface area (Å²) in [6, 6.07) is 0. The van der Waals surface area contributed by atoms with Gasteiger partial charge in [0.25, 0.3) is 0 Å². The molecule has 0 aromatic carbocycles. The molecule has 1 heterocycles. The quantitative estimate of drug-likeness (QED) is 0.213. The fourth-order valence-electron chi connectivity index (χ4n) is 3.02. The standard InChI is InChI=1S/C18H37N5O2.HI/c1-5-20-18(21-9-6-10-22(3)13-14-25-4)23-11-7-16(8-12-23)15-17(24)19-2;/h16H,5-15H2,1-4H3,(H,19,24)(H,20,21);1H. The van der Waals surface area contributed by atoms with Gasteiger partial charge in [-0.3, -0.25) is 9.79 Å². The van der Waals surface area contributed by atoms with E-state index >= 15 is 0 Å². The second-order valence-corrected chi connectivity index (χ2v) is 6.69. The molecule has 1 rings (SSSR count). The minimum Gasteiger partial charge on any atom is -0.383 e. The molecule has 0 aliphatic carbocycles. The number of hydrogen-bond acceptors (Lipinski definition) is 4. The predicted octanol–water partition coefficient (Wildman–Crippen LogP) is 1.39. The average molecular weight is 483 g/mol. The number of aliphatic imine (C=N–C) groups is 1. The number of likely N-dealkylation sites (tertiary alicyclic amines) is 1. The number of carbonyl (C=O) groups excluding carboxylic acids is 1. The first-order valence-corrected chi connectivity index (χ1v) is 9.52. The zero-order valence-electron chi connectivity index (χ0n) is 16.9. The Morgan fingerprint density at radius 2 is 2.00 bits per heavy atom. The maximum Gasteiger partial charge on any atom is 0.220 e. The molecule has 1 saturated heterocycles. The fourth-order valence-corrected chi connectivity index (χ4v) is 3.02. The molecule has 0 unspecified atom stereocenters. The van der Waals surface area contributed by atoms with Crippen LogP contribution in [0.5, 0.6) is 0 Å². The molecule has 0 spiro atoms. The molecule has 8 heteroatoms. The Labute approximate surface area is 176 Å². The highest BCUT2D eigenvalue weighted by Gasteiger charge is 2.22. The van der Waals surface area contributed by atoms with Crippen LogP contribution in [-0.2, 0) is 9.53 Å². The topological polar surface area (TPSA) is 69.2 Å². The number of guanidine groups is 1. The molecule has 2 N–H and O–H groups in total. The molecular formula is C18H38IN5O2. The van der Waals surface area contributed by atoms with Crippen LogP contribution < -0.4 is 10.6 Å². The van der Waals surface area contributed by atoms with Gasteiger partial charge in [-0.25, -0.2) is 0 Å². The number of halogens is 1. The van der Waals surface area contributed by atoms with Gasteiger partial charge < -0.3 is 25.2 Å². The molecule has 1 fully saturated rings. The minimum atomic E-state index is 0. The maximum absolute atomic E-state index is 11.5. The summed E-state index contributed by atoms with van der Waals surface area (Å²) in [5.41, 5.74) is 0. The summed E-state index contributed by atoms with van der Waals surface area (Å²) in [6.45, 7) is 8.52. The number of rotatable bonds is 10. The van der Waals surface area contributed by atoms with Crippen LogP contribution in [0.15, 0.2) is 4.99 Å². The van der Waals surface area contributed by atoms with Gasteiger partial charge in [-0.15, -0.1) is 24.0 Å². The molecular weight excluding hydrogens is 445 g/mol. The van der Waals surface area contributed by atoms with Gasteiger partial charge in [0.05, 0.1) is 6.61 Å². The molecule has 154 valence electrons. The normalized spacial score (nSPS) is 15.7. The lowest BCUT2D eigenvalue weighted by molar-refractivity contribution is -0.121. The van der Waals surface area contributed by atoms with Gasteiger partial charge in [0.2, 0.25) is 5.91 Å². The van der Waals surface area contributed by atoms with E-state index in [1.165, 1.54) is 0 Å². The Morgan fingerprint density at radius 1 is 1.31 bits per heavy atom.